The van der Waals surface area contributed by atoms with E-state index < -0.39 is 6.09 Å². The van der Waals surface area contributed by atoms with Gasteiger partial charge in [0.2, 0.25) is 0 Å². The zero-order valence-electron chi connectivity index (χ0n) is 6.18. The minimum Gasteiger partial charge on any atom is -0.676 e. The summed E-state index contributed by atoms with van der Waals surface area (Å²) >= 11 is 0. The van der Waals surface area contributed by atoms with Crippen molar-refractivity contribution in [3.05, 3.63) is 5.73 Å². The van der Waals surface area contributed by atoms with Crippen molar-refractivity contribution in [2.24, 2.45) is 0 Å². The number of ether oxygens (including phenoxy) is 1. The topological polar surface area (TPSA) is 62.1 Å². The van der Waals surface area contributed by atoms with E-state index in [-0.39, 0.29) is 45.3 Å². The molecular weight excluding hydrogens is 209 g/mol. The number of alkyl carbamates (subject to hydrolysis) is 1. The third kappa shape index (κ3) is 6.45. The fourth-order valence-electron chi connectivity index (χ4n) is 0.311. The van der Waals surface area contributed by atoms with Crippen LogP contribution >= 0.6 is 0 Å². The number of rotatable bonds is 2. The van der Waals surface area contributed by atoms with E-state index in [9.17, 15) is 4.79 Å². The van der Waals surface area contributed by atoms with Crippen LogP contribution in [0.4, 0.5) is 4.79 Å². The first-order valence-electron chi connectivity index (χ1n) is 2.69. The van der Waals surface area contributed by atoms with E-state index >= 15 is 0 Å². The van der Waals surface area contributed by atoms with Gasteiger partial charge in [0.15, 0.2) is 0 Å². The summed E-state index contributed by atoms with van der Waals surface area (Å²) in [5, 5.41) is 2.43. The molecule has 1 atom stereocenters. The second-order valence-corrected chi connectivity index (χ2v) is 1.74. The average Bonchev–Trinajstić information content (AvgIpc) is 1.87. The molecule has 1 amide bonds. The van der Waals surface area contributed by atoms with E-state index in [0.29, 0.717) is 0 Å². The predicted molar refractivity (Wildman–Crippen MR) is 34.2 cm³/mol. The van der Waals surface area contributed by atoms with Crippen molar-refractivity contribution < 1.29 is 42.2 Å². The number of carbonyl (C=O) groups is 1. The summed E-state index contributed by atoms with van der Waals surface area (Å²) in [6, 6.07) is -0.127. The van der Waals surface area contributed by atoms with Crippen LogP contribution in [-0.2, 0) is 37.4 Å². The standard InChI is InChI=1S/C5H11N2O2.Y/c1-4(3-6)7-5(8)9-2;/h4,6H,3H2,1-2H3,(H,7,8);/q-1;/t4-;/m0./s1. The largest absolute Gasteiger partial charge is 0.676 e. The van der Waals surface area contributed by atoms with Crippen LogP contribution in [0.2, 0.25) is 0 Å². The maximum Gasteiger partial charge on any atom is 0.406 e. The SMILES string of the molecule is COC(=O)N[C@@H](C)C[NH-].[Y]. The van der Waals surface area contributed by atoms with Gasteiger partial charge in [0.05, 0.1) is 7.11 Å². The smallest absolute Gasteiger partial charge is 0.406 e. The molecule has 1 radical (unpaired) electrons. The summed E-state index contributed by atoms with van der Waals surface area (Å²) in [6.07, 6.45) is -0.477. The molecule has 0 fully saturated rings. The Morgan fingerprint density at radius 3 is 2.60 bits per heavy atom. The molecule has 5 heteroatoms. The van der Waals surface area contributed by atoms with E-state index in [2.05, 4.69) is 10.1 Å². The zero-order valence-corrected chi connectivity index (χ0v) is 9.02. The monoisotopic (exact) mass is 220 g/mol. The van der Waals surface area contributed by atoms with E-state index in [0.717, 1.165) is 0 Å². The van der Waals surface area contributed by atoms with Gasteiger partial charge in [0.25, 0.3) is 0 Å². The Balaban J connectivity index is 0. The van der Waals surface area contributed by atoms with Crippen LogP contribution in [0.3, 0.4) is 0 Å². The quantitative estimate of drug-likeness (QED) is 0.747. The maximum atomic E-state index is 10.4. The van der Waals surface area contributed by atoms with Crippen molar-refractivity contribution in [2.45, 2.75) is 13.0 Å². The zero-order chi connectivity index (χ0) is 7.28. The Hall–Kier alpha value is 0.334. The van der Waals surface area contributed by atoms with Gasteiger partial charge in [-0.3, -0.25) is 0 Å². The van der Waals surface area contributed by atoms with E-state index in [1.54, 1.807) is 6.92 Å². The number of methoxy groups -OCH3 is 1. The predicted octanol–water partition coefficient (Wildman–Crippen LogP) is 0.781. The Morgan fingerprint density at radius 2 is 2.30 bits per heavy atom. The summed E-state index contributed by atoms with van der Waals surface area (Å²) < 4.78 is 4.29. The minimum absolute atomic E-state index is 0. The van der Waals surface area contributed by atoms with Crippen LogP contribution in [0.5, 0.6) is 0 Å². The molecule has 0 saturated heterocycles. The third-order valence-corrected chi connectivity index (χ3v) is 0.856. The number of carbonyl (C=O) groups excluding carboxylic acids is 1. The molecule has 0 aromatic carbocycles. The van der Waals surface area contributed by atoms with Gasteiger partial charge in [-0.2, -0.15) is 0 Å². The van der Waals surface area contributed by atoms with Crippen molar-refractivity contribution in [1.29, 1.82) is 0 Å². The first-order valence-corrected chi connectivity index (χ1v) is 2.69. The molecule has 4 nitrogen and oxygen atoms in total. The second kappa shape index (κ2) is 7.44. The van der Waals surface area contributed by atoms with Gasteiger partial charge in [-0.05, 0) is 6.92 Å². The van der Waals surface area contributed by atoms with Crippen LogP contribution < -0.4 is 5.32 Å². The molecule has 0 bridgehead atoms. The Morgan fingerprint density at radius 1 is 1.80 bits per heavy atom. The molecular formula is C5H11N2O2Y-. The molecule has 0 saturated carbocycles. The Kier molecular flexibility index (Phi) is 9.65. The summed E-state index contributed by atoms with van der Waals surface area (Å²) in [7, 11) is 1.30. The first-order chi connectivity index (χ1) is 4.20. The normalized spacial score (nSPS) is 11.1. The van der Waals surface area contributed by atoms with Gasteiger partial charge < -0.3 is 15.8 Å². The van der Waals surface area contributed by atoms with Crippen LogP contribution in [0.25, 0.3) is 5.73 Å². The van der Waals surface area contributed by atoms with Crippen LogP contribution in [0.15, 0.2) is 0 Å². The van der Waals surface area contributed by atoms with Gasteiger partial charge in [0.1, 0.15) is 0 Å². The molecule has 0 unspecified atom stereocenters. The van der Waals surface area contributed by atoms with E-state index in [4.69, 9.17) is 5.73 Å². The summed E-state index contributed by atoms with van der Waals surface area (Å²) in [4.78, 5) is 10.4. The van der Waals surface area contributed by atoms with Crippen LogP contribution in [0, 0.1) is 0 Å². The number of nitrogens with one attached hydrogen (secondary N) is 2. The van der Waals surface area contributed by atoms with Crippen LogP contribution in [-0.4, -0.2) is 25.8 Å². The van der Waals surface area contributed by atoms with Gasteiger partial charge in [0, 0.05) is 38.8 Å². The molecule has 2 N–H and O–H groups in total. The molecule has 0 aliphatic carbocycles. The molecule has 0 aliphatic heterocycles. The fourth-order valence-corrected chi connectivity index (χ4v) is 0.311. The Bertz CT molecular complexity index is 99.6. The van der Waals surface area contributed by atoms with Crippen molar-refractivity contribution in [2.75, 3.05) is 13.7 Å². The summed E-state index contributed by atoms with van der Waals surface area (Å²) in [5.41, 5.74) is 6.81. The average molecular weight is 220 g/mol. The molecule has 0 heterocycles. The molecule has 10 heavy (non-hydrogen) atoms. The third-order valence-electron chi connectivity index (χ3n) is 0.856. The van der Waals surface area contributed by atoms with Gasteiger partial charge in [-0.1, -0.05) is 0 Å². The minimum atomic E-state index is -0.477. The maximum absolute atomic E-state index is 10.4. The van der Waals surface area contributed by atoms with Gasteiger partial charge >= 0.3 is 6.09 Å². The summed E-state index contributed by atoms with van der Waals surface area (Å²) in [5.74, 6) is 0. The summed E-state index contributed by atoms with van der Waals surface area (Å²) in [6.45, 7) is 1.92. The second-order valence-electron chi connectivity index (χ2n) is 1.74. The fraction of sp³-hybridized carbons (Fsp3) is 0.800. The number of hydrogen-bond acceptors (Lipinski definition) is 2. The molecule has 0 spiro atoms. The van der Waals surface area contributed by atoms with E-state index in [1.807, 2.05) is 0 Å². The van der Waals surface area contributed by atoms with Gasteiger partial charge in [-0.15, -0.1) is 6.54 Å². The molecule has 0 aliphatic rings. The van der Waals surface area contributed by atoms with Crippen molar-refractivity contribution in [3.63, 3.8) is 0 Å². The van der Waals surface area contributed by atoms with Crippen molar-refractivity contribution in [3.8, 4) is 0 Å². The van der Waals surface area contributed by atoms with Gasteiger partial charge in [-0.25, -0.2) is 4.79 Å². The van der Waals surface area contributed by atoms with Crippen LogP contribution in [0.1, 0.15) is 6.92 Å². The van der Waals surface area contributed by atoms with E-state index in [1.165, 1.54) is 7.11 Å². The van der Waals surface area contributed by atoms with Crippen molar-refractivity contribution in [1.82, 2.24) is 5.32 Å². The molecule has 0 aromatic heterocycles. The molecule has 0 rings (SSSR count). The number of amides is 1. The first kappa shape index (κ1) is 13.0. The number of hydrogen-bond donors (Lipinski definition) is 1. The molecule has 57 valence electrons. The Labute approximate surface area is 85.7 Å². The molecule has 0 aromatic rings. The van der Waals surface area contributed by atoms with Crippen molar-refractivity contribution >= 4 is 6.09 Å².